The van der Waals surface area contributed by atoms with Gasteiger partial charge in [-0.2, -0.15) is 0 Å². The number of nitrogens with zero attached hydrogens (tertiary/aromatic N) is 2. The van der Waals surface area contributed by atoms with Crippen molar-refractivity contribution in [2.45, 2.75) is 19.8 Å². The second-order valence-electron chi connectivity index (χ2n) is 8.32. The van der Waals surface area contributed by atoms with Crippen molar-refractivity contribution in [3.63, 3.8) is 0 Å². The van der Waals surface area contributed by atoms with Gasteiger partial charge in [-0.05, 0) is 43.5 Å². The molecule has 0 bridgehead atoms. The maximum atomic E-state index is 13.0. The number of allylic oxidation sites excluding steroid dienone is 2. The Labute approximate surface area is 200 Å². The summed E-state index contributed by atoms with van der Waals surface area (Å²) in [5.74, 6) is -1.53. The van der Waals surface area contributed by atoms with Crippen LogP contribution in [0.4, 0.5) is 17.1 Å². The lowest BCUT2D eigenvalue weighted by Crippen LogP contribution is -2.35. The molecule has 0 aromatic heterocycles. The van der Waals surface area contributed by atoms with Gasteiger partial charge in [0.25, 0.3) is 11.6 Å². The highest BCUT2D eigenvalue weighted by Gasteiger charge is 2.46. The summed E-state index contributed by atoms with van der Waals surface area (Å²) in [4.78, 5) is 50.2. The Hall–Kier alpha value is -3.72. The highest BCUT2D eigenvalue weighted by atomic mass is 35.5. The van der Waals surface area contributed by atoms with E-state index in [9.17, 15) is 24.5 Å². The minimum absolute atomic E-state index is 0.0582. The summed E-state index contributed by atoms with van der Waals surface area (Å²) >= 11 is 6.12. The highest BCUT2D eigenvalue weighted by Crippen LogP contribution is 2.35. The Morgan fingerprint density at radius 1 is 1.12 bits per heavy atom. The van der Waals surface area contributed by atoms with Crippen LogP contribution in [-0.2, 0) is 9.59 Å². The zero-order valence-electron chi connectivity index (χ0n) is 18.4. The Balaban J connectivity index is 1.48. The maximum Gasteiger partial charge on any atom is 0.270 e. The molecule has 0 unspecified atom stereocenters. The number of hydrogen-bond donors (Lipinski definition) is 2. The van der Waals surface area contributed by atoms with Gasteiger partial charge >= 0.3 is 0 Å². The molecule has 0 saturated carbocycles. The number of nitrogens with one attached hydrogen (secondary N) is 2. The molecule has 1 fully saturated rings. The number of likely N-dealkylation sites (tertiary alicyclic amines) is 1. The molecule has 176 valence electrons. The molecule has 1 saturated heterocycles. The molecule has 1 aliphatic carbocycles. The summed E-state index contributed by atoms with van der Waals surface area (Å²) in [7, 11) is 0. The smallest absolute Gasteiger partial charge is 0.270 e. The molecule has 1 heterocycles. The largest absolute Gasteiger partial charge is 0.383 e. The fourth-order valence-electron chi connectivity index (χ4n) is 4.25. The van der Waals surface area contributed by atoms with E-state index in [1.807, 2.05) is 19.1 Å². The van der Waals surface area contributed by atoms with E-state index in [2.05, 4.69) is 10.6 Å². The first kappa shape index (κ1) is 23.4. The topological polar surface area (TPSA) is 122 Å². The van der Waals surface area contributed by atoms with Crippen molar-refractivity contribution in [2.24, 2.45) is 11.8 Å². The van der Waals surface area contributed by atoms with Crippen LogP contribution in [0, 0.1) is 28.9 Å². The first-order valence-electron chi connectivity index (χ1n) is 10.9. The standard InChI is InChI=1S/C24H23ClN4O5/c1-14-6-7-15(12-20(14)25)27-22(30)19-13-16(29(33)34)8-9-21(19)26-10-11-28-23(31)17-4-2-3-5-18(17)24(28)32/h2-3,6-9,12-13,17-18,26H,4-5,10-11H2,1H3,(H,27,30)/t17-,18-/m1/s1. The van der Waals surface area contributed by atoms with E-state index in [1.54, 1.807) is 18.2 Å². The Bertz CT molecular complexity index is 1190. The second kappa shape index (κ2) is 9.64. The van der Waals surface area contributed by atoms with Crippen LogP contribution in [0.15, 0.2) is 48.6 Å². The molecule has 2 N–H and O–H groups in total. The van der Waals surface area contributed by atoms with E-state index in [4.69, 9.17) is 11.6 Å². The predicted octanol–water partition coefficient (Wildman–Crippen LogP) is 4.17. The number of non-ortho nitro benzene ring substituents is 1. The fourth-order valence-corrected chi connectivity index (χ4v) is 4.43. The van der Waals surface area contributed by atoms with E-state index >= 15 is 0 Å². The number of imide groups is 1. The van der Waals surface area contributed by atoms with Crippen molar-refractivity contribution in [3.8, 4) is 0 Å². The van der Waals surface area contributed by atoms with Gasteiger partial charge in [-0.1, -0.05) is 29.8 Å². The van der Waals surface area contributed by atoms with Gasteiger partial charge < -0.3 is 10.6 Å². The Kier molecular flexibility index (Phi) is 6.65. The quantitative estimate of drug-likeness (QED) is 0.264. The van der Waals surface area contributed by atoms with Crippen LogP contribution in [0.2, 0.25) is 5.02 Å². The summed E-state index contributed by atoms with van der Waals surface area (Å²) in [5.41, 5.74) is 1.46. The number of fused-ring (bicyclic) bond motifs is 1. The number of anilines is 2. The van der Waals surface area contributed by atoms with Crippen molar-refractivity contribution < 1.29 is 19.3 Å². The third kappa shape index (κ3) is 4.65. The van der Waals surface area contributed by atoms with Crippen LogP contribution < -0.4 is 10.6 Å². The average molecular weight is 483 g/mol. The van der Waals surface area contributed by atoms with Gasteiger partial charge in [0, 0.05) is 41.6 Å². The lowest BCUT2D eigenvalue weighted by molar-refractivity contribution is -0.384. The molecule has 2 atom stereocenters. The number of amides is 3. The molecule has 1 aliphatic heterocycles. The van der Waals surface area contributed by atoms with Gasteiger partial charge in [0.2, 0.25) is 11.8 Å². The molecule has 2 aromatic rings. The molecule has 4 rings (SSSR count). The molecule has 2 aromatic carbocycles. The molecule has 34 heavy (non-hydrogen) atoms. The molecular formula is C24H23ClN4O5. The summed E-state index contributed by atoms with van der Waals surface area (Å²) in [6.07, 6.45) is 4.98. The van der Waals surface area contributed by atoms with Crippen LogP contribution in [0.3, 0.4) is 0 Å². The summed E-state index contributed by atoms with van der Waals surface area (Å²) in [6, 6.07) is 8.93. The van der Waals surface area contributed by atoms with Gasteiger partial charge in [0.05, 0.1) is 22.3 Å². The van der Waals surface area contributed by atoms with Crippen LogP contribution >= 0.6 is 11.6 Å². The lowest BCUT2D eigenvalue weighted by Gasteiger charge is -2.17. The molecule has 0 radical (unpaired) electrons. The maximum absolute atomic E-state index is 13.0. The molecule has 0 spiro atoms. The number of benzene rings is 2. The Morgan fingerprint density at radius 2 is 1.79 bits per heavy atom. The second-order valence-corrected chi connectivity index (χ2v) is 8.72. The van der Waals surface area contributed by atoms with Crippen LogP contribution in [0.1, 0.15) is 28.8 Å². The third-order valence-corrected chi connectivity index (χ3v) is 6.55. The van der Waals surface area contributed by atoms with Crippen molar-refractivity contribution in [3.05, 3.63) is 74.8 Å². The number of carbonyl (C=O) groups excluding carboxylic acids is 3. The van der Waals surface area contributed by atoms with Crippen molar-refractivity contribution in [1.82, 2.24) is 4.90 Å². The molecule has 3 amide bonds. The summed E-state index contributed by atoms with van der Waals surface area (Å²) < 4.78 is 0. The molecule has 10 heteroatoms. The summed E-state index contributed by atoms with van der Waals surface area (Å²) in [6.45, 7) is 2.16. The highest BCUT2D eigenvalue weighted by molar-refractivity contribution is 6.31. The minimum Gasteiger partial charge on any atom is -0.383 e. The monoisotopic (exact) mass is 482 g/mol. The normalized spacial score (nSPS) is 19.2. The minimum atomic E-state index is -0.583. The molecular weight excluding hydrogens is 460 g/mol. The first-order chi connectivity index (χ1) is 16.3. The number of nitro groups is 1. The summed E-state index contributed by atoms with van der Waals surface area (Å²) in [5, 5.41) is 17.5. The third-order valence-electron chi connectivity index (χ3n) is 6.14. The molecule has 9 nitrogen and oxygen atoms in total. The van der Waals surface area contributed by atoms with E-state index in [-0.39, 0.29) is 48.0 Å². The van der Waals surface area contributed by atoms with E-state index in [0.717, 1.165) is 5.56 Å². The van der Waals surface area contributed by atoms with Crippen molar-refractivity contribution >= 4 is 46.4 Å². The SMILES string of the molecule is Cc1ccc(NC(=O)c2cc([N+](=O)[O-])ccc2NCCN2C(=O)[C@@H]3CC=CC[C@H]3C2=O)cc1Cl. The van der Waals surface area contributed by atoms with Crippen molar-refractivity contribution in [1.29, 1.82) is 0 Å². The first-order valence-corrected chi connectivity index (χ1v) is 11.2. The van der Waals surface area contributed by atoms with E-state index in [0.29, 0.717) is 29.2 Å². The number of hydrogen-bond acceptors (Lipinski definition) is 6. The van der Waals surface area contributed by atoms with Gasteiger partial charge in [-0.15, -0.1) is 0 Å². The lowest BCUT2D eigenvalue weighted by atomic mass is 9.85. The van der Waals surface area contributed by atoms with Gasteiger partial charge in [-0.25, -0.2) is 0 Å². The number of nitro benzene ring substituents is 1. The number of rotatable bonds is 7. The predicted molar refractivity (Wildman–Crippen MR) is 128 cm³/mol. The van der Waals surface area contributed by atoms with E-state index < -0.39 is 10.8 Å². The van der Waals surface area contributed by atoms with Gasteiger partial charge in [0.15, 0.2) is 0 Å². The van der Waals surface area contributed by atoms with Gasteiger partial charge in [0.1, 0.15) is 0 Å². The molecule has 2 aliphatic rings. The Morgan fingerprint density at radius 3 is 2.41 bits per heavy atom. The van der Waals surface area contributed by atoms with Gasteiger partial charge in [-0.3, -0.25) is 29.4 Å². The number of carbonyl (C=O) groups is 3. The zero-order chi connectivity index (χ0) is 24.4. The van der Waals surface area contributed by atoms with Crippen LogP contribution in [0.25, 0.3) is 0 Å². The average Bonchev–Trinajstić information content (AvgIpc) is 3.06. The van der Waals surface area contributed by atoms with Crippen LogP contribution in [0.5, 0.6) is 0 Å². The van der Waals surface area contributed by atoms with Crippen molar-refractivity contribution in [2.75, 3.05) is 23.7 Å². The number of aryl methyl sites for hydroxylation is 1. The van der Waals surface area contributed by atoms with Crippen LogP contribution in [-0.4, -0.2) is 40.6 Å². The fraction of sp³-hybridized carbons (Fsp3) is 0.292. The van der Waals surface area contributed by atoms with E-state index in [1.165, 1.54) is 23.1 Å². The zero-order valence-corrected chi connectivity index (χ0v) is 19.2. The number of halogens is 1.